The van der Waals surface area contributed by atoms with Crippen LogP contribution in [0, 0.1) is 0 Å². The predicted octanol–water partition coefficient (Wildman–Crippen LogP) is 2.87. The summed E-state index contributed by atoms with van der Waals surface area (Å²) in [5.74, 6) is -1.29. The molecular formula is C24H27ClN6O5. The Balaban J connectivity index is 1.48. The molecule has 0 bridgehead atoms. The molecule has 0 saturated carbocycles. The molecule has 1 fully saturated rings. The first kappa shape index (κ1) is 25.2. The molecule has 1 aromatic carbocycles. The summed E-state index contributed by atoms with van der Waals surface area (Å²) in [5, 5.41) is 4.55. The molecule has 0 aliphatic carbocycles. The van der Waals surface area contributed by atoms with Gasteiger partial charge < -0.3 is 14.6 Å². The third-order valence-corrected chi connectivity index (χ3v) is 6.08. The van der Waals surface area contributed by atoms with Gasteiger partial charge in [0.05, 0.1) is 22.5 Å². The zero-order chi connectivity index (χ0) is 26.0. The van der Waals surface area contributed by atoms with Crippen LogP contribution in [0.25, 0.3) is 5.65 Å². The summed E-state index contributed by atoms with van der Waals surface area (Å²) in [4.78, 5) is 54.2. The molecule has 0 unspecified atom stereocenters. The highest BCUT2D eigenvalue weighted by atomic mass is 35.5. The van der Waals surface area contributed by atoms with Crippen LogP contribution in [0.3, 0.4) is 0 Å². The van der Waals surface area contributed by atoms with Crippen LogP contribution in [-0.4, -0.2) is 56.1 Å². The van der Waals surface area contributed by atoms with E-state index in [1.165, 1.54) is 22.8 Å². The van der Waals surface area contributed by atoms with Crippen molar-refractivity contribution in [3.63, 3.8) is 0 Å². The van der Waals surface area contributed by atoms with Crippen molar-refractivity contribution in [1.29, 1.82) is 0 Å². The largest absolute Gasteiger partial charge is 0.444 e. The molecule has 0 spiro atoms. The Morgan fingerprint density at radius 2 is 1.72 bits per heavy atom. The van der Waals surface area contributed by atoms with Crippen molar-refractivity contribution < 1.29 is 19.1 Å². The van der Waals surface area contributed by atoms with Crippen molar-refractivity contribution in [2.75, 3.05) is 13.1 Å². The summed E-state index contributed by atoms with van der Waals surface area (Å²) < 4.78 is 6.96. The molecule has 1 aliphatic rings. The second-order valence-electron chi connectivity index (χ2n) is 9.51. The third kappa shape index (κ3) is 5.51. The number of fused-ring (bicyclic) bond motifs is 1. The van der Waals surface area contributed by atoms with Crippen LogP contribution in [0.15, 0.2) is 41.3 Å². The van der Waals surface area contributed by atoms with E-state index in [4.69, 9.17) is 16.3 Å². The fourth-order valence-electron chi connectivity index (χ4n) is 4.05. The van der Waals surface area contributed by atoms with Crippen LogP contribution in [0.4, 0.5) is 4.79 Å². The maximum atomic E-state index is 12.8. The second-order valence-corrected chi connectivity index (χ2v) is 9.91. The lowest BCUT2D eigenvalue weighted by molar-refractivity contribution is 0.0203. The fourth-order valence-corrected chi connectivity index (χ4v) is 4.27. The van der Waals surface area contributed by atoms with E-state index in [9.17, 15) is 19.2 Å². The lowest BCUT2D eigenvalue weighted by atomic mass is 9.93. The van der Waals surface area contributed by atoms with Gasteiger partial charge in [-0.1, -0.05) is 23.7 Å². The number of aromatic amines is 1. The van der Waals surface area contributed by atoms with Crippen LogP contribution in [-0.2, 0) is 4.74 Å². The number of nitrogens with one attached hydrogen (secondary N) is 3. The highest BCUT2D eigenvalue weighted by Gasteiger charge is 2.29. The van der Waals surface area contributed by atoms with Crippen molar-refractivity contribution in [1.82, 2.24) is 30.3 Å². The molecule has 0 atom stereocenters. The maximum Gasteiger partial charge on any atom is 0.410 e. The SMILES string of the molecule is CC(C)(C)OC(=O)N1CCC(c2cc(=O)[nH]c3c(C(=O)NNC(=O)c4ccccc4Cl)cnn23)CC1. The van der Waals surface area contributed by atoms with Gasteiger partial charge in [0.2, 0.25) is 0 Å². The minimum absolute atomic E-state index is 0.0516. The van der Waals surface area contributed by atoms with Gasteiger partial charge in [-0.25, -0.2) is 9.31 Å². The van der Waals surface area contributed by atoms with Crippen LogP contribution in [0.1, 0.15) is 65.9 Å². The quantitative estimate of drug-likeness (QED) is 0.459. The van der Waals surface area contributed by atoms with Crippen molar-refractivity contribution in [2.24, 2.45) is 0 Å². The Morgan fingerprint density at radius 3 is 2.36 bits per heavy atom. The standard InChI is InChI=1S/C24H27ClN6O5/c1-24(2,3)36-23(35)30-10-8-14(9-11-30)18-12-19(32)27-20-16(13-26-31(18)20)22(34)29-28-21(33)15-6-4-5-7-17(15)25/h4-7,12-14H,8-11H2,1-3H3,(H,27,32)(H,28,33)(H,29,34). The number of ether oxygens (including phenoxy) is 1. The number of halogens is 1. The number of hydrogen-bond donors (Lipinski definition) is 3. The topological polar surface area (TPSA) is 138 Å². The first-order chi connectivity index (χ1) is 17.0. The number of piperidine rings is 1. The molecule has 1 saturated heterocycles. The van der Waals surface area contributed by atoms with E-state index in [1.807, 2.05) is 20.8 Å². The molecule has 4 rings (SSSR count). The predicted molar refractivity (Wildman–Crippen MR) is 132 cm³/mol. The van der Waals surface area contributed by atoms with Gasteiger partial charge in [-0.05, 0) is 45.7 Å². The molecule has 0 radical (unpaired) electrons. The van der Waals surface area contributed by atoms with Gasteiger partial charge in [-0.15, -0.1) is 0 Å². The number of likely N-dealkylation sites (tertiary alicyclic amines) is 1. The average Bonchev–Trinajstić information content (AvgIpc) is 3.25. The molecule has 3 N–H and O–H groups in total. The minimum atomic E-state index is -0.655. The molecule has 3 amide bonds. The van der Waals surface area contributed by atoms with Gasteiger partial charge in [0.25, 0.3) is 17.4 Å². The lowest BCUT2D eigenvalue weighted by Crippen LogP contribution is -2.42. The van der Waals surface area contributed by atoms with E-state index in [-0.39, 0.29) is 39.4 Å². The second kappa shape index (κ2) is 10.0. The summed E-state index contributed by atoms with van der Waals surface area (Å²) in [6.07, 6.45) is 2.16. The summed E-state index contributed by atoms with van der Waals surface area (Å²) in [6, 6.07) is 7.88. The molecule has 190 valence electrons. The van der Waals surface area contributed by atoms with Crippen molar-refractivity contribution in [2.45, 2.75) is 45.1 Å². The molecule has 3 heterocycles. The van der Waals surface area contributed by atoms with Gasteiger partial charge in [-0.2, -0.15) is 5.10 Å². The Morgan fingerprint density at radius 1 is 1.08 bits per heavy atom. The summed E-state index contributed by atoms with van der Waals surface area (Å²) in [7, 11) is 0. The maximum absolute atomic E-state index is 12.8. The van der Waals surface area contributed by atoms with E-state index in [0.717, 1.165) is 0 Å². The monoisotopic (exact) mass is 514 g/mol. The van der Waals surface area contributed by atoms with E-state index in [2.05, 4.69) is 20.9 Å². The number of carbonyl (C=O) groups is 3. The Kier molecular flexibility index (Phi) is 7.02. The van der Waals surface area contributed by atoms with Gasteiger partial charge in [-0.3, -0.25) is 25.2 Å². The number of hydrogen-bond acceptors (Lipinski definition) is 6. The average molecular weight is 515 g/mol. The summed E-state index contributed by atoms with van der Waals surface area (Å²) >= 11 is 6.02. The first-order valence-corrected chi connectivity index (χ1v) is 11.9. The van der Waals surface area contributed by atoms with E-state index < -0.39 is 17.4 Å². The Labute approximate surface area is 211 Å². The molecule has 11 nitrogen and oxygen atoms in total. The van der Waals surface area contributed by atoms with E-state index in [0.29, 0.717) is 31.6 Å². The van der Waals surface area contributed by atoms with Crippen LogP contribution >= 0.6 is 11.6 Å². The molecule has 36 heavy (non-hydrogen) atoms. The zero-order valence-corrected chi connectivity index (χ0v) is 20.9. The third-order valence-electron chi connectivity index (χ3n) is 5.75. The number of carbonyl (C=O) groups excluding carboxylic acids is 3. The number of rotatable bonds is 3. The molecule has 1 aliphatic heterocycles. The van der Waals surface area contributed by atoms with Crippen molar-refractivity contribution in [3.8, 4) is 0 Å². The number of H-pyrrole nitrogens is 1. The minimum Gasteiger partial charge on any atom is -0.444 e. The lowest BCUT2D eigenvalue weighted by Gasteiger charge is -2.33. The number of hydrazine groups is 1. The number of nitrogens with zero attached hydrogens (tertiary/aromatic N) is 3. The number of aromatic nitrogens is 3. The number of amides is 3. The van der Waals surface area contributed by atoms with Crippen molar-refractivity contribution >= 4 is 35.2 Å². The van der Waals surface area contributed by atoms with Crippen LogP contribution < -0.4 is 16.4 Å². The fraction of sp³-hybridized carbons (Fsp3) is 0.375. The van der Waals surface area contributed by atoms with Crippen LogP contribution in [0.5, 0.6) is 0 Å². The van der Waals surface area contributed by atoms with Gasteiger partial charge in [0.1, 0.15) is 16.8 Å². The zero-order valence-electron chi connectivity index (χ0n) is 20.1. The summed E-state index contributed by atoms with van der Waals surface area (Å²) in [6.45, 7) is 6.39. The van der Waals surface area contributed by atoms with Crippen LogP contribution in [0.2, 0.25) is 5.02 Å². The van der Waals surface area contributed by atoms with Gasteiger partial charge in [0, 0.05) is 25.1 Å². The van der Waals surface area contributed by atoms with Crippen molar-refractivity contribution in [3.05, 3.63) is 68.7 Å². The van der Waals surface area contributed by atoms with Gasteiger partial charge >= 0.3 is 6.09 Å². The number of benzene rings is 1. The molecular weight excluding hydrogens is 488 g/mol. The smallest absolute Gasteiger partial charge is 0.410 e. The Hall–Kier alpha value is -3.86. The molecule has 3 aromatic rings. The normalized spacial score (nSPS) is 14.5. The van der Waals surface area contributed by atoms with Gasteiger partial charge in [0.15, 0.2) is 0 Å². The molecule has 12 heteroatoms. The first-order valence-electron chi connectivity index (χ1n) is 11.5. The Bertz CT molecular complexity index is 1370. The van der Waals surface area contributed by atoms with E-state index in [1.54, 1.807) is 23.1 Å². The molecule has 2 aromatic heterocycles. The highest BCUT2D eigenvalue weighted by Crippen LogP contribution is 2.28. The van der Waals surface area contributed by atoms with E-state index >= 15 is 0 Å². The highest BCUT2D eigenvalue weighted by molar-refractivity contribution is 6.33. The summed E-state index contributed by atoms with van der Waals surface area (Å²) in [5.41, 5.74) is 4.80.